The lowest BCUT2D eigenvalue weighted by molar-refractivity contribution is 0.354. The first-order chi connectivity index (χ1) is 11.6. The molecule has 122 valence electrons. The van der Waals surface area contributed by atoms with Crippen LogP contribution in [0.4, 0.5) is 0 Å². The zero-order valence-electron chi connectivity index (χ0n) is 13.5. The zero-order valence-corrected chi connectivity index (χ0v) is 15.1. The van der Waals surface area contributed by atoms with Crippen molar-refractivity contribution < 1.29 is 9.47 Å². The number of nitriles is 2. The molecule has 0 heterocycles. The SMILES string of the molecule is COc1ccc([C@@H](CC#N)[C@H](C#N)c2ccc(Br)cc2)cc1OC. The highest BCUT2D eigenvalue weighted by Crippen LogP contribution is 2.39. The lowest BCUT2D eigenvalue weighted by atomic mass is 9.80. The molecular formula is C19H17BrN2O2. The third kappa shape index (κ3) is 3.88. The van der Waals surface area contributed by atoms with Crippen LogP contribution in [0, 0.1) is 22.7 Å². The van der Waals surface area contributed by atoms with E-state index in [4.69, 9.17) is 9.47 Å². The van der Waals surface area contributed by atoms with Gasteiger partial charge in [-0.25, -0.2) is 0 Å². The Bertz CT molecular complexity index is 775. The van der Waals surface area contributed by atoms with Crippen molar-refractivity contribution in [2.45, 2.75) is 18.3 Å². The summed E-state index contributed by atoms with van der Waals surface area (Å²) in [6.07, 6.45) is 0.240. The average molecular weight is 385 g/mol. The van der Waals surface area contributed by atoms with Crippen molar-refractivity contribution in [1.29, 1.82) is 10.5 Å². The van der Waals surface area contributed by atoms with E-state index in [1.807, 2.05) is 36.4 Å². The average Bonchev–Trinajstić information content (AvgIpc) is 2.62. The van der Waals surface area contributed by atoms with Gasteiger partial charge in [0.1, 0.15) is 0 Å². The van der Waals surface area contributed by atoms with Crippen LogP contribution in [0.5, 0.6) is 11.5 Å². The summed E-state index contributed by atoms with van der Waals surface area (Å²) in [7, 11) is 3.14. The van der Waals surface area contributed by atoms with Gasteiger partial charge in [-0.05, 0) is 35.4 Å². The first kappa shape index (κ1) is 17.8. The Labute approximate surface area is 150 Å². The summed E-state index contributed by atoms with van der Waals surface area (Å²) in [5.74, 6) is 0.538. The molecule has 2 aromatic carbocycles. The Hall–Kier alpha value is -2.50. The number of hydrogen-bond acceptors (Lipinski definition) is 4. The summed E-state index contributed by atoms with van der Waals surface area (Å²) in [5.41, 5.74) is 1.76. The van der Waals surface area contributed by atoms with Crippen molar-refractivity contribution in [3.63, 3.8) is 0 Å². The molecule has 2 aromatic rings. The minimum atomic E-state index is -0.421. The molecule has 0 amide bonds. The van der Waals surface area contributed by atoms with Crippen LogP contribution in [0.3, 0.4) is 0 Å². The molecule has 0 N–H and O–H groups in total. The van der Waals surface area contributed by atoms with Crippen LogP contribution in [0.15, 0.2) is 46.9 Å². The van der Waals surface area contributed by atoms with Crippen LogP contribution in [0.2, 0.25) is 0 Å². The fourth-order valence-electron chi connectivity index (χ4n) is 2.68. The molecular weight excluding hydrogens is 368 g/mol. The second-order valence-corrected chi connectivity index (χ2v) is 6.16. The smallest absolute Gasteiger partial charge is 0.160 e. The van der Waals surface area contributed by atoms with Gasteiger partial charge in [-0.15, -0.1) is 0 Å². The van der Waals surface area contributed by atoms with E-state index in [0.29, 0.717) is 11.5 Å². The topological polar surface area (TPSA) is 66.0 Å². The lowest BCUT2D eigenvalue weighted by Crippen LogP contribution is -2.10. The van der Waals surface area contributed by atoms with E-state index >= 15 is 0 Å². The summed E-state index contributed by atoms with van der Waals surface area (Å²) in [4.78, 5) is 0. The van der Waals surface area contributed by atoms with E-state index in [9.17, 15) is 10.5 Å². The minimum Gasteiger partial charge on any atom is -0.493 e. The standard InChI is InChI=1S/C19H17BrN2O2/c1-23-18-8-5-14(11-19(18)24-2)16(9-10-21)17(12-22)13-3-6-15(20)7-4-13/h3-8,11,16-17H,9H2,1-2H3/t16-,17-/m1/s1. The van der Waals surface area contributed by atoms with E-state index in [0.717, 1.165) is 15.6 Å². The summed E-state index contributed by atoms with van der Waals surface area (Å²) in [5, 5.41) is 18.9. The van der Waals surface area contributed by atoms with Crippen LogP contribution in [0.25, 0.3) is 0 Å². The Balaban J connectivity index is 2.46. The summed E-state index contributed by atoms with van der Waals surface area (Å²) in [6.45, 7) is 0. The second-order valence-electron chi connectivity index (χ2n) is 5.24. The van der Waals surface area contributed by atoms with Gasteiger partial charge in [0, 0.05) is 16.8 Å². The second kappa shape index (κ2) is 8.38. The first-order valence-corrected chi connectivity index (χ1v) is 8.17. The van der Waals surface area contributed by atoms with Crippen molar-refractivity contribution in [1.82, 2.24) is 0 Å². The van der Waals surface area contributed by atoms with Gasteiger partial charge < -0.3 is 9.47 Å². The van der Waals surface area contributed by atoms with Crippen molar-refractivity contribution in [3.05, 3.63) is 58.1 Å². The number of benzene rings is 2. The van der Waals surface area contributed by atoms with Gasteiger partial charge in [0.05, 0.1) is 32.3 Å². The number of halogens is 1. The van der Waals surface area contributed by atoms with Crippen LogP contribution in [-0.2, 0) is 0 Å². The highest BCUT2D eigenvalue weighted by Gasteiger charge is 2.26. The van der Waals surface area contributed by atoms with Crippen molar-refractivity contribution in [3.8, 4) is 23.6 Å². The summed E-state index contributed by atoms with van der Waals surface area (Å²) >= 11 is 3.40. The van der Waals surface area contributed by atoms with Crippen LogP contribution in [0.1, 0.15) is 29.4 Å². The lowest BCUT2D eigenvalue weighted by Gasteiger charge is -2.21. The number of nitrogens with zero attached hydrogens (tertiary/aromatic N) is 2. The van der Waals surface area contributed by atoms with Gasteiger partial charge in [0.15, 0.2) is 11.5 Å². The van der Waals surface area contributed by atoms with Crippen molar-refractivity contribution in [2.75, 3.05) is 14.2 Å². The molecule has 5 heteroatoms. The Morgan fingerprint density at radius 3 is 2.12 bits per heavy atom. The quantitative estimate of drug-likeness (QED) is 0.718. The van der Waals surface area contributed by atoms with E-state index in [-0.39, 0.29) is 12.3 Å². The van der Waals surface area contributed by atoms with E-state index < -0.39 is 5.92 Å². The molecule has 0 unspecified atom stereocenters. The molecule has 0 aliphatic carbocycles. The van der Waals surface area contributed by atoms with Crippen LogP contribution < -0.4 is 9.47 Å². The zero-order chi connectivity index (χ0) is 17.5. The van der Waals surface area contributed by atoms with Gasteiger partial charge in [-0.1, -0.05) is 34.1 Å². The third-order valence-corrected chi connectivity index (χ3v) is 4.45. The van der Waals surface area contributed by atoms with Gasteiger partial charge >= 0.3 is 0 Å². The maximum Gasteiger partial charge on any atom is 0.160 e. The number of hydrogen-bond donors (Lipinski definition) is 0. The van der Waals surface area contributed by atoms with Crippen LogP contribution in [-0.4, -0.2) is 14.2 Å². The molecule has 0 saturated heterocycles. The molecule has 0 radical (unpaired) electrons. The molecule has 24 heavy (non-hydrogen) atoms. The predicted molar refractivity (Wildman–Crippen MR) is 95.0 cm³/mol. The third-order valence-electron chi connectivity index (χ3n) is 3.92. The Morgan fingerprint density at radius 1 is 0.958 bits per heavy atom. The minimum absolute atomic E-state index is 0.240. The van der Waals surface area contributed by atoms with Crippen molar-refractivity contribution in [2.24, 2.45) is 0 Å². The summed E-state index contributed by atoms with van der Waals surface area (Å²) < 4.78 is 11.5. The molecule has 0 aromatic heterocycles. The van der Waals surface area contributed by atoms with Gasteiger partial charge in [-0.3, -0.25) is 0 Å². The number of methoxy groups -OCH3 is 2. The predicted octanol–water partition coefficient (Wildman–Crippen LogP) is 4.77. The number of ether oxygens (including phenoxy) is 2. The fraction of sp³-hybridized carbons (Fsp3) is 0.263. The van der Waals surface area contributed by atoms with Gasteiger partial charge in [-0.2, -0.15) is 10.5 Å². The number of rotatable bonds is 6. The van der Waals surface area contributed by atoms with E-state index in [1.165, 1.54) is 0 Å². The van der Waals surface area contributed by atoms with E-state index in [2.05, 4.69) is 28.1 Å². The molecule has 0 aliphatic rings. The van der Waals surface area contributed by atoms with Crippen LogP contribution >= 0.6 is 15.9 Å². The molecule has 0 saturated carbocycles. The molecule has 4 nitrogen and oxygen atoms in total. The van der Waals surface area contributed by atoms with E-state index in [1.54, 1.807) is 20.3 Å². The Kier molecular flexibility index (Phi) is 6.23. The van der Waals surface area contributed by atoms with Gasteiger partial charge in [0.25, 0.3) is 0 Å². The van der Waals surface area contributed by atoms with Crippen molar-refractivity contribution >= 4 is 15.9 Å². The molecule has 0 bridgehead atoms. The Morgan fingerprint density at radius 2 is 1.58 bits per heavy atom. The molecule has 0 aliphatic heterocycles. The molecule has 2 atom stereocenters. The monoisotopic (exact) mass is 384 g/mol. The maximum absolute atomic E-state index is 9.71. The molecule has 2 rings (SSSR count). The molecule has 0 fully saturated rings. The molecule has 0 spiro atoms. The fourth-order valence-corrected chi connectivity index (χ4v) is 2.94. The highest BCUT2D eigenvalue weighted by atomic mass is 79.9. The first-order valence-electron chi connectivity index (χ1n) is 7.38. The highest BCUT2D eigenvalue weighted by molar-refractivity contribution is 9.10. The normalized spacial score (nSPS) is 12.5. The largest absolute Gasteiger partial charge is 0.493 e. The van der Waals surface area contributed by atoms with Gasteiger partial charge in [0.2, 0.25) is 0 Å². The maximum atomic E-state index is 9.71. The summed E-state index contributed by atoms with van der Waals surface area (Å²) in [6, 6.07) is 17.7.